The van der Waals surface area contributed by atoms with E-state index in [-0.39, 0.29) is 5.82 Å². The normalized spacial score (nSPS) is 11.0. The van der Waals surface area contributed by atoms with Gasteiger partial charge in [-0.3, -0.25) is 0 Å². The zero-order valence-electron chi connectivity index (χ0n) is 11.6. The molecular weight excluding hydrogens is 255 g/mol. The van der Waals surface area contributed by atoms with Gasteiger partial charge < -0.3 is 9.72 Å². The number of halogens is 1. The lowest BCUT2D eigenvalue weighted by Gasteiger charge is -2.06. The van der Waals surface area contributed by atoms with Gasteiger partial charge >= 0.3 is 0 Å². The number of aryl methyl sites for hydroxylation is 2. The van der Waals surface area contributed by atoms with Crippen LogP contribution in [0.25, 0.3) is 22.4 Å². The Morgan fingerprint density at radius 2 is 2.00 bits per heavy atom. The molecule has 0 spiro atoms. The minimum absolute atomic E-state index is 0.349. The number of imidazole rings is 1. The van der Waals surface area contributed by atoms with Gasteiger partial charge in [-0.05, 0) is 43.2 Å². The van der Waals surface area contributed by atoms with Crippen LogP contribution in [-0.4, -0.2) is 17.1 Å². The van der Waals surface area contributed by atoms with Crippen LogP contribution in [0.5, 0.6) is 5.75 Å². The van der Waals surface area contributed by atoms with Crippen LogP contribution >= 0.6 is 0 Å². The maximum absolute atomic E-state index is 14.1. The van der Waals surface area contributed by atoms with Gasteiger partial charge in [0.15, 0.2) is 0 Å². The summed E-state index contributed by atoms with van der Waals surface area (Å²) in [5, 5.41) is 0. The quantitative estimate of drug-likeness (QED) is 0.764. The van der Waals surface area contributed by atoms with Gasteiger partial charge in [-0.25, -0.2) is 9.37 Å². The third-order valence-corrected chi connectivity index (χ3v) is 3.35. The van der Waals surface area contributed by atoms with Crippen LogP contribution < -0.4 is 4.74 Å². The fourth-order valence-electron chi connectivity index (χ4n) is 2.49. The van der Waals surface area contributed by atoms with Gasteiger partial charge in [0.1, 0.15) is 17.4 Å². The highest BCUT2D eigenvalue weighted by molar-refractivity contribution is 5.84. The van der Waals surface area contributed by atoms with E-state index in [0.717, 1.165) is 22.2 Å². The number of ether oxygens (including phenoxy) is 1. The zero-order valence-corrected chi connectivity index (χ0v) is 11.6. The predicted molar refractivity (Wildman–Crippen MR) is 77.5 cm³/mol. The summed E-state index contributed by atoms with van der Waals surface area (Å²) >= 11 is 0. The molecule has 1 N–H and O–H groups in total. The number of benzene rings is 2. The molecule has 1 heterocycles. The lowest BCUT2D eigenvalue weighted by Crippen LogP contribution is -1.92. The van der Waals surface area contributed by atoms with Gasteiger partial charge in [0.05, 0.1) is 23.7 Å². The van der Waals surface area contributed by atoms with Crippen LogP contribution in [0.4, 0.5) is 4.39 Å². The van der Waals surface area contributed by atoms with Crippen LogP contribution in [0.1, 0.15) is 11.1 Å². The predicted octanol–water partition coefficient (Wildman–Crippen LogP) is 3.99. The van der Waals surface area contributed by atoms with Gasteiger partial charge in [-0.15, -0.1) is 0 Å². The average molecular weight is 270 g/mol. The number of fused-ring (bicyclic) bond motifs is 1. The van der Waals surface area contributed by atoms with Crippen LogP contribution in [-0.2, 0) is 0 Å². The van der Waals surface area contributed by atoms with Crippen LogP contribution in [0.2, 0.25) is 0 Å². The molecule has 0 aliphatic rings. The Balaban J connectivity index is 2.28. The molecular formula is C16H15FN2O. The zero-order chi connectivity index (χ0) is 14.3. The van der Waals surface area contributed by atoms with Crippen molar-refractivity contribution in [2.24, 2.45) is 0 Å². The molecule has 0 unspecified atom stereocenters. The molecule has 4 heteroatoms. The van der Waals surface area contributed by atoms with Crippen LogP contribution in [0, 0.1) is 19.7 Å². The third-order valence-electron chi connectivity index (χ3n) is 3.35. The molecule has 2 aromatic carbocycles. The standard InChI is InChI=1S/C16H15FN2O/c1-9-7-10(2)15-12(8-9)18-16(19-15)14-11(17)5-4-6-13(14)20-3/h4-8H,1-3H3,(H,18,19). The topological polar surface area (TPSA) is 37.9 Å². The Kier molecular flexibility index (Phi) is 2.93. The fourth-order valence-corrected chi connectivity index (χ4v) is 2.49. The molecule has 0 aliphatic heterocycles. The first-order valence-electron chi connectivity index (χ1n) is 6.40. The molecule has 3 aromatic rings. The minimum Gasteiger partial charge on any atom is -0.496 e. The summed E-state index contributed by atoms with van der Waals surface area (Å²) in [5.74, 6) is 0.611. The van der Waals surface area contributed by atoms with E-state index in [1.807, 2.05) is 19.9 Å². The molecule has 0 fully saturated rings. The summed E-state index contributed by atoms with van der Waals surface area (Å²) in [6.07, 6.45) is 0. The first kappa shape index (κ1) is 12.7. The highest BCUT2D eigenvalue weighted by Crippen LogP contribution is 2.32. The number of hydrogen-bond acceptors (Lipinski definition) is 2. The second-order valence-electron chi connectivity index (χ2n) is 4.88. The smallest absolute Gasteiger partial charge is 0.145 e. The highest BCUT2D eigenvalue weighted by Gasteiger charge is 2.16. The molecule has 1 aromatic heterocycles. The molecule has 0 radical (unpaired) electrons. The summed E-state index contributed by atoms with van der Waals surface area (Å²) in [5.41, 5.74) is 4.34. The molecule has 20 heavy (non-hydrogen) atoms. The lowest BCUT2D eigenvalue weighted by atomic mass is 10.1. The van der Waals surface area contributed by atoms with Crippen molar-refractivity contribution in [2.75, 3.05) is 7.11 Å². The van der Waals surface area contributed by atoms with E-state index in [9.17, 15) is 4.39 Å². The van der Waals surface area contributed by atoms with E-state index in [0.29, 0.717) is 17.1 Å². The number of methoxy groups -OCH3 is 1. The Morgan fingerprint density at radius 1 is 1.20 bits per heavy atom. The Bertz CT molecular complexity index is 793. The van der Waals surface area contributed by atoms with Crippen molar-refractivity contribution < 1.29 is 9.13 Å². The number of aromatic nitrogens is 2. The second kappa shape index (κ2) is 4.63. The van der Waals surface area contributed by atoms with Gasteiger partial charge in [-0.2, -0.15) is 0 Å². The number of nitrogens with one attached hydrogen (secondary N) is 1. The molecule has 102 valence electrons. The Morgan fingerprint density at radius 3 is 2.75 bits per heavy atom. The molecule has 0 amide bonds. The molecule has 0 aliphatic carbocycles. The number of rotatable bonds is 2. The van der Waals surface area contributed by atoms with Crippen molar-refractivity contribution in [3.63, 3.8) is 0 Å². The van der Waals surface area contributed by atoms with Crippen molar-refractivity contribution in [2.45, 2.75) is 13.8 Å². The van der Waals surface area contributed by atoms with E-state index >= 15 is 0 Å². The summed E-state index contributed by atoms with van der Waals surface area (Å²) in [6.45, 7) is 4.02. The average Bonchev–Trinajstić information content (AvgIpc) is 2.81. The third kappa shape index (κ3) is 1.93. The van der Waals surface area contributed by atoms with Crippen LogP contribution in [0.3, 0.4) is 0 Å². The number of hydrogen-bond donors (Lipinski definition) is 1. The van der Waals surface area contributed by atoms with Gasteiger partial charge in [-0.1, -0.05) is 12.1 Å². The SMILES string of the molecule is COc1cccc(F)c1-c1nc2c(C)cc(C)cc2[nH]1. The number of aromatic amines is 1. The van der Waals surface area contributed by atoms with Gasteiger partial charge in [0.25, 0.3) is 0 Å². The molecule has 3 nitrogen and oxygen atoms in total. The molecule has 0 atom stereocenters. The van der Waals surface area contributed by atoms with E-state index in [1.54, 1.807) is 12.1 Å². The van der Waals surface area contributed by atoms with Crippen molar-refractivity contribution in [1.29, 1.82) is 0 Å². The van der Waals surface area contributed by atoms with Crippen molar-refractivity contribution in [3.8, 4) is 17.1 Å². The highest BCUT2D eigenvalue weighted by atomic mass is 19.1. The second-order valence-corrected chi connectivity index (χ2v) is 4.88. The summed E-state index contributed by atoms with van der Waals surface area (Å²) < 4.78 is 19.3. The molecule has 0 saturated carbocycles. The maximum Gasteiger partial charge on any atom is 0.145 e. The summed E-state index contributed by atoms with van der Waals surface area (Å²) in [7, 11) is 1.52. The Hall–Kier alpha value is -2.36. The van der Waals surface area contributed by atoms with E-state index < -0.39 is 0 Å². The number of nitrogens with zero attached hydrogens (tertiary/aromatic N) is 1. The summed E-state index contributed by atoms with van der Waals surface area (Å²) in [6, 6.07) is 8.82. The minimum atomic E-state index is -0.349. The number of H-pyrrole nitrogens is 1. The Labute approximate surface area is 116 Å². The van der Waals surface area contributed by atoms with Crippen molar-refractivity contribution in [3.05, 3.63) is 47.3 Å². The molecule has 0 bridgehead atoms. The first-order chi connectivity index (χ1) is 9.60. The largest absolute Gasteiger partial charge is 0.496 e. The van der Waals surface area contributed by atoms with E-state index in [4.69, 9.17) is 4.74 Å². The lowest BCUT2D eigenvalue weighted by molar-refractivity contribution is 0.413. The van der Waals surface area contributed by atoms with Crippen molar-refractivity contribution in [1.82, 2.24) is 9.97 Å². The first-order valence-corrected chi connectivity index (χ1v) is 6.40. The van der Waals surface area contributed by atoms with E-state index in [1.165, 1.54) is 13.2 Å². The van der Waals surface area contributed by atoms with Crippen LogP contribution in [0.15, 0.2) is 30.3 Å². The molecule has 0 saturated heterocycles. The van der Waals surface area contributed by atoms with Gasteiger partial charge in [0, 0.05) is 0 Å². The van der Waals surface area contributed by atoms with Gasteiger partial charge in [0.2, 0.25) is 0 Å². The molecule has 3 rings (SSSR count). The summed E-state index contributed by atoms with van der Waals surface area (Å²) in [4.78, 5) is 7.70. The fraction of sp³-hybridized carbons (Fsp3) is 0.188. The monoisotopic (exact) mass is 270 g/mol. The van der Waals surface area contributed by atoms with E-state index in [2.05, 4.69) is 16.0 Å². The maximum atomic E-state index is 14.1. The van der Waals surface area contributed by atoms with Crippen molar-refractivity contribution >= 4 is 11.0 Å².